The minimum Gasteiger partial charge on any atom is -0.258 e. The third kappa shape index (κ3) is 2.66. The molecule has 0 radical (unpaired) electrons. The molecule has 0 aliphatic carbocycles. The van der Waals surface area contributed by atoms with Gasteiger partial charge in [-0.15, -0.1) is 0 Å². The normalized spacial score (nSPS) is 11.8. The maximum absolute atomic E-state index is 10.6. The molecule has 1 aromatic carbocycles. The van der Waals surface area contributed by atoms with Crippen molar-refractivity contribution >= 4 is 5.69 Å². The Bertz CT molecular complexity index is 433. The molecule has 0 saturated heterocycles. The Morgan fingerprint density at radius 1 is 1.38 bits per heavy atom. The van der Waals surface area contributed by atoms with E-state index in [1.54, 1.807) is 0 Å². The maximum atomic E-state index is 10.6. The van der Waals surface area contributed by atoms with Crippen LogP contribution in [0.5, 0.6) is 0 Å². The van der Waals surface area contributed by atoms with Gasteiger partial charge in [0.05, 0.1) is 4.92 Å². The third-order valence-electron chi connectivity index (χ3n) is 2.10. The number of nitro groups is 1. The number of non-ortho nitro benzene ring substituents is 1. The first-order valence-electron chi connectivity index (χ1n) is 4.48. The fourth-order valence-electron chi connectivity index (χ4n) is 1.27. The highest BCUT2D eigenvalue weighted by Gasteiger charge is 2.14. The average molecular weight is 223 g/mol. The largest absolute Gasteiger partial charge is 0.270 e. The minimum atomic E-state index is -0.690. The van der Waals surface area contributed by atoms with Gasteiger partial charge in [0.1, 0.15) is 12.6 Å². The molecule has 1 atom stereocenters. The molecule has 7 nitrogen and oxygen atoms in total. The lowest BCUT2D eigenvalue weighted by Gasteiger charge is -2.04. The molecule has 84 valence electrons. The summed E-state index contributed by atoms with van der Waals surface area (Å²) >= 11 is 0. The second-order valence-electron chi connectivity index (χ2n) is 3.26. The van der Waals surface area contributed by atoms with Gasteiger partial charge in [-0.05, 0) is 18.1 Å². The van der Waals surface area contributed by atoms with Crippen molar-refractivity contribution in [1.29, 1.82) is 0 Å². The van der Waals surface area contributed by atoms with E-state index < -0.39 is 11.0 Å². The maximum Gasteiger partial charge on any atom is 0.270 e. The van der Waals surface area contributed by atoms with E-state index in [1.807, 2.05) is 0 Å². The van der Waals surface area contributed by atoms with Crippen molar-refractivity contribution in [2.75, 3.05) is 0 Å². The highest BCUT2D eigenvalue weighted by atomic mass is 16.6. The van der Waals surface area contributed by atoms with Crippen molar-refractivity contribution in [1.82, 2.24) is 0 Å². The smallest absolute Gasteiger partial charge is 0.258 e. The first-order chi connectivity index (χ1) is 7.58. The summed E-state index contributed by atoms with van der Waals surface area (Å²) in [5, 5.41) is 16.0. The van der Waals surface area contributed by atoms with Crippen molar-refractivity contribution in [3.05, 3.63) is 49.3 Å². The molecule has 0 spiro atoms. The Kier molecular flexibility index (Phi) is 3.76. The van der Waals surface area contributed by atoms with Crippen LogP contribution in [0.15, 0.2) is 28.6 Å². The Morgan fingerprint density at radius 2 is 2.06 bits per heavy atom. The molecule has 0 aliphatic rings. The first-order valence-corrected chi connectivity index (χ1v) is 4.48. The van der Waals surface area contributed by atoms with Gasteiger partial charge in [-0.3, -0.25) is 10.1 Å². The summed E-state index contributed by atoms with van der Waals surface area (Å²) in [5.74, 6) is 0. The van der Waals surface area contributed by atoms with Crippen LogP contribution in [0.25, 0.3) is 0 Å². The molecule has 7 heteroatoms. The molecule has 1 unspecified atom stereocenters. The number of hydrogen-bond donors (Lipinski definition) is 0. The SMILES string of the molecule is CC(N=O)c1cc(CN=O)cc([N+](=O)[O-])c1. The molecule has 0 saturated carbocycles. The summed E-state index contributed by atoms with van der Waals surface area (Å²) in [6.07, 6.45) is 0. The summed E-state index contributed by atoms with van der Waals surface area (Å²) in [6, 6.07) is 3.34. The monoisotopic (exact) mass is 223 g/mol. The van der Waals surface area contributed by atoms with Crippen molar-refractivity contribution in [2.24, 2.45) is 10.4 Å². The molecule has 0 bridgehead atoms. The van der Waals surface area contributed by atoms with Crippen LogP contribution in [0, 0.1) is 19.9 Å². The van der Waals surface area contributed by atoms with Crippen LogP contribution < -0.4 is 0 Å². The molecule has 0 amide bonds. The molecule has 0 aliphatic heterocycles. The topological polar surface area (TPSA) is 102 Å². The minimum absolute atomic E-state index is 0.166. The molecule has 1 rings (SSSR count). The quantitative estimate of drug-likeness (QED) is 0.434. The van der Waals surface area contributed by atoms with Crippen molar-refractivity contribution in [2.45, 2.75) is 19.5 Å². The lowest BCUT2D eigenvalue weighted by molar-refractivity contribution is -0.385. The molecule has 0 N–H and O–H groups in total. The lowest BCUT2D eigenvalue weighted by atomic mass is 10.0. The van der Waals surface area contributed by atoms with E-state index in [4.69, 9.17) is 0 Å². The van der Waals surface area contributed by atoms with Crippen molar-refractivity contribution in [3.63, 3.8) is 0 Å². The van der Waals surface area contributed by atoms with Gasteiger partial charge in [-0.1, -0.05) is 16.4 Å². The summed E-state index contributed by atoms with van der Waals surface area (Å²) in [5.41, 5.74) is 0.629. The van der Waals surface area contributed by atoms with Gasteiger partial charge >= 0.3 is 0 Å². The zero-order valence-corrected chi connectivity index (χ0v) is 8.49. The second kappa shape index (κ2) is 5.06. The second-order valence-corrected chi connectivity index (χ2v) is 3.26. The third-order valence-corrected chi connectivity index (χ3v) is 2.10. The van der Waals surface area contributed by atoms with Gasteiger partial charge in [0.15, 0.2) is 0 Å². The van der Waals surface area contributed by atoms with Crippen LogP contribution in [-0.2, 0) is 6.54 Å². The van der Waals surface area contributed by atoms with Crippen LogP contribution in [0.1, 0.15) is 24.1 Å². The first kappa shape index (κ1) is 11.9. The van der Waals surface area contributed by atoms with E-state index in [0.29, 0.717) is 11.1 Å². The van der Waals surface area contributed by atoms with E-state index in [-0.39, 0.29) is 12.2 Å². The number of rotatable bonds is 5. The van der Waals surface area contributed by atoms with Crippen molar-refractivity contribution < 1.29 is 4.92 Å². The lowest BCUT2D eigenvalue weighted by Crippen LogP contribution is -1.96. The van der Waals surface area contributed by atoms with Gasteiger partial charge in [0, 0.05) is 12.1 Å². The van der Waals surface area contributed by atoms with Crippen LogP contribution >= 0.6 is 0 Å². The molecular weight excluding hydrogens is 214 g/mol. The predicted octanol–water partition coefficient (Wildman–Crippen LogP) is 2.69. The van der Waals surface area contributed by atoms with Gasteiger partial charge in [0.2, 0.25) is 0 Å². The van der Waals surface area contributed by atoms with E-state index in [2.05, 4.69) is 10.4 Å². The predicted molar refractivity (Wildman–Crippen MR) is 56.8 cm³/mol. The Hall–Kier alpha value is -2.18. The molecule has 16 heavy (non-hydrogen) atoms. The van der Waals surface area contributed by atoms with Gasteiger partial charge in [-0.25, -0.2) is 0 Å². The van der Waals surface area contributed by atoms with Crippen LogP contribution in [0.2, 0.25) is 0 Å². The van der Waals surface area contributed by atoms with Gasteiger partial charge in [0.25, 0.3) is 5.69 Å². The van der Waals surface area contributed by atoms with Gasteiger partial charge < -0.3 is 0 Å². The number of benzene rings is 1. The Balaban J connectivity index is 3.22. The summed E-state index contributed by atoms with van der Waals surface area (Å²) in [4.78, 5) is 30.5. The Labute approximate surface area is 90.6 Å². The molecule has 1 aromatic rings. The van der Waals surface area contributed by atoms with E-state index in [0.717, 1.165) is 0 Å². The summed E-state index contributed by atoms with van der Waals surface area (Å²) in [7, 11) is 0. The molecule has 0 fully saturated rings. The van der Waals surface area contributed by atoms with Crippen LogP contribution in [0.4, 0.5) is 5.69 Å². The average Bonchev–Trinajstić information content (AvgIpc) is 2.28. The molecular formula is C9H9N3O4. The highest BCUT2D eigenvalue weighted by molar-refractivity contribution is 5.40. The van der Waals surface area contributed by atoms with E-state index >= 15 is 0 Å². The number of nitrogens with zero attached hydrogens (tertiary/aromatic N) is 3. The molecule has 0 heterocycles. The van der Waals surface area contributed by atoms with Crippen LogP contribution in [-0.4, -0.2) is 4.92 Å². The van der Waals surface area contributed by atoms with Crippen molar-refractivity contribution in [3.8, 4) is 0 Å². The van der Waals surface area contributed by atoms with E-state index in [9.17, 15) is 19.9 Å². The number of nitroso groups, excluding NO2 is 2. The zero-order valence-electron chi connectivity index (χ0n) is 8.49. The number of nitro benzene ring substituents is 1. The standard InChI is InChI=1S/C9H9N3O4/c1-6(11-14)8-2-7(5-10-13)3-9(4-8)12(15)16/h2-4,6H,5H2,1H3. The Morgan fingerprint density at radius 3 is 2.56 bits per heavy atom. The summed E-state index contributed by atoms with van der Waals surface area (Å²) < 4.78 is 0. The van der Waals surface area contributed by atoms with Gasteiger partial charge in [-0.2, -0.15) is 9.81 Å². The number of hydrogen-bond acceptors (Lipinski definition) is 6. The van der Waals surface area contributed by atoms with E-state index in [1.165, 1.54) is 25.1 Å². The fourth-order valence-corrected chi connectivity index (χ4v) is 1.27. The zero-order chi connectivity index (χ0) is 12.1. The molecule has 0 aromatic heterocycles. The highest BCUT2D eigenvalue weighted by Crippen LogP contribution is 2.24. The fraction of sp³-hybridized carbons (Fsp3) is 0.333. The summed E-state index contributed by atoms with van der Waals surface area (Å²) in [6.45, 7) is 1.35. The van der Waals surface area contributed by atoms with Crippen LogP contribution in [0.3, 0.4) is 0 Å².